The van der Waals surface area contributed by atoms with Gasteiger partial charge < -0.3 is 15.4 Å². The molecule has 0 bridgehead atoms. The van der Waals surface area contributed by atoms with Gasteiger partial charge in [0.1, 0.15) is 23.7 Å². The van der Waals surface area contributed by atoms with Crippen LogP contribution >= 0.6 is 11.6 Å². The summed E-state index contributed by atoms with van der Waals surface area (Å²) in [5.74, 6) is 2.20. The van der Waals surface area contributed by atoms with Gasteiger partial charge >= 0.3 is 0 Å². The molecule has 1 aromatic heterocycles. The highest BCUT2D eigenvalue weighted by molar-refractivity contribution is 6.31. The second kappa shape index (κ2) is 8.44. The smallest absolute Gasteiger partial charge is 0.142 e. The van der Waals surface area contributed by atoms with E-state index in [0.717, 1.165) is 24.5 Å². The van der Waals surface area contributed by atoms with E-state index in [-0.39, 0.29) is 0 Å². The molecular weight excluding hydrogens is 300 g/mol. The number of hydrogen-bond donors (Lipinski definition) is 2. The first kappa shape index (κ1) is 16.4. The zero-order valence-corrected chi connectivity index (χ0v) is 13.7. The molecule has 2 aromatic rings. The van der Waals surface area contributed by atoms with Crippen molar-refractivity contribution in [2.45, 2.75) is 26.2 Å². The van der Waals surface area contributed by atoms with E-state index in [4.69, 9.17) is 16.3 Å². The van der Waals surface area contributed by atoms with Crippen LogP contribution in [-0.2, 0) is 0 Å². The standard InChI is InChI=1S/C16H21ClN4O/c1-3-4-5-8-18-15-10-16(20-11-19-15)21-13-9-12(17)6-7-14(13)22-2/h6-7,9-11H,3-5,8H2,1-2H3,(H2,18,19,20,21). The lowest BCUT2D eigenvalue weighted by molar-refractivity contribution is 0.417. The summed E-state index contributed by atoms with van der Waals surface area (Å²) >= 11 is 6.03. The summed E-state index contributed by atoms with van der Waals surface area (Å²) in [6, 6.07) is 7.27. The van der Waals surface area contributed by atoms with Crippen LogP contribution in [0.1, 0.15) is 26.2 Å². The Balaban J connectivity index is 2.05. The maximum atomic E-state index is 6.03. The zero-order valence-electron chi connectivity index (χ0n) is 12.9. The van der Waals surface area contributed by atoms with E-state index in [9.17, 15) is 0 Å². The summed E-state index contributed by atoms with van der Waals surface area (Å²) in [6.07, 6.45) is 5.07. The molecule has 0 fully saturated rings. The first-order valence-corrected chi connectivity index (χ1v) is 7.77. The van der Waals surface area contributed by atoms with Gasteiger partial charge in [-0.05, 0) is 24.6 Å². The summed E-state index contributed by atoms with van der Waals surface area (Å²) < 4.78 is 5.31. The molecule has 5 nitrogen and oxygen atoms in total. The largest absolute Gasteiger partial charge is 0.495 e. The fourth-order valence-electron chi connectivity index (χ4n) is 2.03. The van der Waals surface area contributed by atoms with Crippen LogP contribution in [0.4, 0.5) is 17.3 Å². The minimum atomic E-state index is 0.635. The van der Waals surface area contributed by atoms with Crippen molar-refractivity contribution in [1.29, 1.82) is 0 Å². The number of benzene rings is 1. The number of ether oxygens (including phenoxy) is 1. The maximum absolute atomic E-state index is 6.03. The highest BCUT2D eigenvalue weighted by atomic mass is 35.5. The molecular formula is C16H21ClN4O. The van der Waals surface area contributed by atoms with Gasteiger partial charge in [0.05, 0.1) is 12.8 Å². The molecule has 0 unspecified atom stereocenters. The van der Waals surface area contributed by atoms with Crippen LogP contribution in [0.15, 0.2) is 30.6 Å². The van der Waals surface area contributed by atoms with E-state index < -0.39 is 0 Å². The molecule has 1 aromatic carbocycles. The Labute approximate surface area is 136 Å². The van der Waals surface area contributed by atoms with Crippen LogP contribution in [0.25, 0.3) is 0 Å². The van der Waals surface area contributed by atoms with E-state index in [1.165, 1.54) is 19.2 Å². The fourth-order valence-corrected chi connectivity index (χ4v) is 2.20. The second-order valence-electron chi connectivity index (χ2n) is 4.89. The number of nitrogens with one attached hydrogen (secondary N) is 2. The Morgan fingerprint density at radius 1 is 1.14 bits per heavy atom. The maximum Gasteiger partial charge on any atom is 0.142 e. The van der Waals surface area contributed by atoms with Crippen molar-refractivity contribution in [3.63, 3.8) is 0 Å². The number of aromatic nitrogens is 2. The van der Waals surface area contributed by atoms with Crippen molar-refractivity contribution in [2.75, 3.05) is 24.3 Å². The predicted octanol–water partition coefficient (Wildman–Crippen LogP) is 4.48. The van der Waals surface area contributed by atoms with Crippen LogP contribution in [0.2, 0.25) is 5.02 Å². The van der Waals surface area contributed by atoms with Crippen molar-refractivity contribution >= 4 is 28.9 Å². The molecule has 0 spiro atoms. The molecule has 0 aliphatic heterocycles. The zero-order chi connectivity index (χ0) is 15.8. The molecule has 0 radical (unpaired) electrons. The Morgan fingerprint density at radius 2 is 1.95 bits per heavy atom. The quantitative estimate of drug-likeness (QED) is 0.702. The molecule has 6 heteroatoms. The van der Waals surface area contributed by atoms with Crippen LogP contribution in [0.3, 0.4) is 0 Å². The third kappa shape index (κ3) is 4.77. The van der Waals surface area contributed by atoms with Crippen molar-refractivity contribution in [3.8, 4) is 5.75 Å². The van der Waals surface area contributed by atoms with E-state index in [2.05, 4.69) is 27.5 Å². The number of nitrogens with zero attached hydrogens (tertiary/aromatic N) is 2. The van der Waals surface area contributed by atoms with Crippen molar-refractivity contribution in [2.24, 2.45) is 0 Å². The molecule has 2 rings (SSSR count). The summed E-state index contributed by atoms with van der Waals surface area (Å²) in [7, 11) is 1.62. The van der Waals surface area contributed by atoms with Gasteiger partial charge in [-0.15, -0.1) is 0 Å². The van der Waals surface area contributed by atoms with Crippen LogP contribution in [0.5, 0.6) is 5.75 Å². The highest BCUT2D eigenvalue weighted by Gasteiger charge is 2.06. The molecule has 0 aliphatic carbocycles. The Hall–Kier alpha value is -2.01. The van der Waals surface area contributed by atoms with Crippen molar-refractivity contribution in [3.05, 3.63) is 35.6 Å². The summed E-state index contributed by atoms with van der Waals surface area (Å²) in [6.45, 7) is 3.09. The van der Waals surface area contributed by atoms with Gasteiger partial charge in [0.2, 0.25) is 0 Å². The normalized spacial score (nSPS) is 10.3. The van der Waals surface area contributed by atoms with E-state index in [1.54, 1.807) is 19.2 Å². The molecule has 0 amide bonds. The van der Waals surface area contributed by atoms with E-state index in [1.807, 2.05) is 12.1 Å². The number of rotatable bonds is 8. The number of hydrogen-bond acceptors (Lipinski definition) is 5. The summed E-state index contributed by atoms with van der Waals surface area (Å²) in [4.78, 5) is 8.44. The molecule has 118 valence electrons. The topological polar surface area (TPSA) is 59.1 Å². The van der Waals surface area contributed by atoms with Crippen LogP contribution < -0.4 is 15.4 Å². The molecule has 0 saturated heterocycles. The third-order valence-electron chi connectivity index (χ3n) is 3.18. The second-order valence-corrected chi connectivity index (χ2v) is 5.33. The lowest BCUT2D eigenvalue weighted by Gasteiger charge is -2.12. The highest BCUT2D eigenvalue weighted by Crippen LogP contribution is 2.30. The minimum Gasteiger partial charge on any atom is -0.495 e. The number of unbranched alkanes of at least 4 members (excludes halogenated alkanes) is 2. The lowest BCUT2D eigenvalue weighted by atomic mass is 10.2. The Morgan fingerprint density at radius 3 is 2.73 bits per heavy atom. The average Bonchev–Trinajstić information content (AvgIpc) is 2.52. The number of anilines is 3. The fraction of sp³-hybridized carbons (Fsp3) is 0.375. The van der Waals surface area contributed by atoms with Crippen LogP contribution in [0, 0.1) is 0 Å². The number of methoxy groups -OCH3 is 1. The molecule has 0 saturated carbocycles. The summed E-state index contributed by atoms with van der Waals surface area (Å²) in [5.41, 5.74) is 0.769. The first-order chi connectivity index (χ1) is 10.7. The summed E-state index contributed by atoms with van der Waals surface area (Å²) in [5, 5.41) is 7.14. The van der Waals surface area contributed by atoms with Gasteiger partial charge in [-0.1, -0.05) is 31.4 Å². The molecule has 0 atom stereocenters. The molecule has 22 heavy (non-hydrogen) atoms. The van der Waals surface area contributed by atoms with Gasteiger partial charge in [-0.2, -0.15) is 0 Å². The average molecular weight is 321 g/mol. The first-order valence-electron chi connectivity index (χ1n) is 7.39. The Kier molecular flexibility index (Phi) is 6.27. The molecule has 1 heterocycles. The molecule has 0 aliphatic rings. The van der Waals surface area contributed by atoms with Crippen LogP contribution in [-0.4, -0.2) is 23.6 Å². The van der Waals surface area contributed by atoms with Crippen molar-refractivity contribution < 1.29 is 4.74 Å². The van der Waals surface area contributed by atoms with E-state index >= 15 is 0 Å². The number of halogens is 1. The van der Waals surface area contributed by atoms with Crippen molar-refractivity contribution in [1.82, 2.24) is 9.97 Å². The predicted molar refractivity (Wildman–Crippen MR) is 91.3 cm³/mol. The Bertz CT molecular complexity index is 606. The van der Waals surface area contributed by atoms with Gasteiger partial charge in [-0.3, -0.25) is 0 Å². The third-order valence-corrected chi connectivity index (χ3v) is 3.41. The van der Waals surface area contributed by atoms with E-state index in [0.29, 0.717) is 16.6 Å². The van der Waals surface area contributed by atoms with Gasteiger partial charge in [0.25, 0.3) is 0 Å². The molecule has 2 N–H and O–H groups in total. The lowest BCUT2D eigenvalue weighted by Crippen LogP contribution is -2.04. The SMILES string of the molecule is CCCCCNc1cc(Nc2cc(Cl)ccc2OC)ncn1. The van der Waals surface area contributed by atoms with Gasteiger partial charge in [0, 0.05) is 17.6 Å². The van der Waals surface area contributed by atoms with Gasteiger partial charge in [0.15, 0.2) is 0 Å². The minimum absolute atomic E-state index is 0.635. The monoisotopic (exact) mass is 320 g/mol. The van der Waals surface area contributed by atoms with Gasteiger partial charge in [-0.25, -0.2) is 9.97 Å².